The quantitative estimate of drug-likeness (QED) is 0.714. The molecule has 3 saturated heterocycles. The minimum Gasteiger partial charge on any atom is -0.325 e. The summed E-state index contributed by atoms with van der Waals surface area (Å²) in [5, 5.41) is 3.16. The molecule has 4 heteroatoms. The molecule has 0 unspecified atom stereocenters. The molecule has 0 saturated carbocycles. The summed E-state index contributed by atoms with van der Waals surface area (Å²) in [4.78, 5) is 0. The summed E-state index contributed by atoms with van der Waals surface area (Å²) in [6, 6.07) is 0. The molecule has 2 bridgehead atoms. The van der Waals surface area contributed by atoms with Crippen LogP contribution in [0.25, 0.3) is 0 Å². The van der Waals surface area contributed by atoms with Crippen LogP contribution in [0, 0.1) is 5.41 Å². The molecule has 0 aromatic heterocycles. The second kappa shape index (κ2) is 2.92. The lowest BCUT2D eigenvalue weighted by atomic mass is 9.89. The standard InChI is InChI=1S/C10H19NO3/c1-8(2,11-4)10-12-5-9(3,6-13-10)7-14-10/h11H,5-7H2,1-4H3. The van der Waals surface area contributed by atoms with Crippen LogP contribution in [0.5, 0.6) is 0 Å². The first-order valence-corrected chi connectivity index (χ1v) is 5.04. The molecule has 0 radical (unpaired) electrons. The molecule has 3 aliphatic rings. The van der Waals surface area contributed by atoms with Gasteiger partial charge < -0.3 is 19.5 Å². The maximum absolute atomic E-state index is 5.72. The number of hydrogen-bond donors (Lipinski definition) is 1. The first-order chi connectivity index (χ1) is 6.43. The number of likely N-dealkylation sites (N-methyl/N-ethyl adjacent to an activating group) is 1. The van der Waals surface area contributed by atoms with E-state index in [0.29, 0.717) is 19.8 Å². The summed E-state index contributed by atoms with van der Waals surface area (Å²) in [7, 11) is 1.88. The lowest BCUT2D eigenvalue weighted by Gasteiger charge is -2.55. The molecule has 3 heterocycles. The fraction of sp³-hybridized carbons (Fsp3) is 1.00. The van der Waals surface area contributed by atoms with Gasteiger partial charge in [0.25, 0.3) is 0 Å². The van der Waals surface area contributed by atoms with Gasteiger partial charge >= 0.3 is 5.97 Å². The molecular weight excluding hydrogens is 182 g/mol. The maximum atomic E-state index is 5.72. The van der Waals surface area contributed by atoms with E-state index in [9.17, 15) is 0 Å². The second-order valence-corrected chi connectivity index (χ2v) is 5.11. The zero-order chi connectivity index (χ0) is 10.4. The van der Waals surface area contributed by atoms with Crippen LogP contribution in [-0.2, 0) is 14.2 Å². The van der Waals surface area contributed by atoms with Crippen LogP contribution in [0.3, 0.4) is 0 Å². The molecule has 0 aliphatic carbocycles. The topological polar surface area (TPSA) is 39.7 Å². The van der Waals surface area contributed by atoms with Crippen molar-refractivity contribution in [2.45, 2.75) is 32.3 Å². The van der Waals surface area contributed by atoms with E-state index in [1.165, 1.54) is 0 Å². The third-order valence-corrected chi connectivity index (χ3v) is 3.22. The highest BCUT2D eigenvalue weighted by molar-refractivity contribution is 4.95. The highest BCUT2D eigenvalue weighted by Gasteiger charge is 2.58. The van der Waals surface area contributed by atoms with Crippen LogP contribution < -0.4 is 5.32 Å². The van der Waals surface area contributed by atoms with E-state index < -0.39 is 5.97 Å². The summed E-state index contributed by atoms with van der Waals surface area (Å²) in [6.45, 7) is 8.26. The Bertz CT molecular complexity index is 215. The number of rotatable bonds is 2. The van der Waals surface area contributed by atoms with Gasteiger partial charge in [0, 0.05) is 5.41 Å². The minimum absolute atomic E-state index is 0.0333. The van der Waals surface area contributed by atoms with E-state index in [4.69, 9.17) is 14.2 Å². The highest BCUT2D eigenvalue weighted by Crippen LogP contribution is 2.43. The number of hydrogen-bond acceptors (Lipinski definition) is 4. The predicted molar refractivity (Wildman–Crippen MR) is 51.8 cm³/mol. The van der Waals surface area contributed by atoms with Crippen LogP contribution in [-0.4, -0.2) is 38.4 Å². The van der Waals surface area contributed by atoms with E-state index in [1.54, 1.807) is 0 Å². The summed E-state index contributed by atoms with van der Waals surface area (Å²) in [5.74, 6) is -0.903. The fourth-order valence-corrected chi connectivity index (χ4v) is 1.75. The Kier molecular flexibility index (Phi) is 2.16. The van der Waals surface area contributed by atoms with Gasteiger partial charge in [-0.25, -0.2) is 0 Å². The van der Waals surface area contributed by atoms with Crippen molar-refractivity contribution < 1.29 is 14.2 Å². The predicted octanol–water partition coefficient (Wildman–Crippen LogP) is 0.721. The Morgan fingerprint density at radius 2 is 1.50 bits per heavy atom. The molecule has 0 spiro atoms. The van der Waals surface area contributed by atoms with Crippen LogP contribution in [0.2, 0.25) is 0 Å². The second-order valence-electron chi connectivity index (χ2n) is 5.11. The van der Waals surface area contributed by atoms with Gasteiger partial charge in [-0.15, -0.1) is 0 Å². The maximum Gasteiger partial charge on any atom is 0.301 e. The first-order valence-electron chi connectivity index (χ1n) is 5.04. The van der Waals surface area contributed by atoms with Gasteiger partial charge in [0.1, 0.15) is 0 Å². The Balaban J connectivity index is 2.20. The molecule has 3 fully saturated rings. The monoisotopic (exact) mass is 201 g/mol. The molecule has 4 nitrogen and oxygen atoms in total. The average molecular weight is 201 g/mol. The minimum atomic E-state index is -0.903. The zero-order valence-electron chi connectivity index (χ0n) is 9.35. The van der Waals surface area contributed by atoms with Crippen LogP contribution in [0.15, 0.2) is 0 Å². The zero-order valence-corrected chi connectivity index (χ0v) is 9.35. The van der Waals surface area contributed by atoms with Crippen molar-refractivity contribution in [2.24, 2.45) is 5.41 Å². The lowest BCUT2D eigenvalue weighted by molar-refractivity contribution is -0.486. The number of fused-ring (bicyclic) bond motifs is 3. The Morgan fingerprint density at radius 1 is 1.07 bits per heavy atom. The van der Waals surface area contributed by atoms with Gasteiger partial charge in [0.2, 0.25) is 0 Å². The van der Waals surface area contributed by atoms with Crippen molar-refractivity contribution in [3.63, 3.8) is 0 Å². The van der Waals surface area contributed by atoms with Crippen molar-refractivity contribution >= 4 is 0 Å². The van der Waals surface area contributed by atoms with Crippen LogP contribution >= 0.6 is 0 Å². The molecule has 3 rings (SSSR count). The third kappa shape index (κ3) is 1.29. The van der Waals surface area contributed by atoms with Gasteiger partial charge in [0.15, 0.2) is 0 Å². The number of ether oxygens (including phenoxy) is 3. The molecule has 1 N–H and O–H groups in total. The van der Waals surface area contributed by atoms with Crippen LogP contribution in [0.4, 0.5) is 0 Å². The van der Waals surface area contributed by atoms with Gasteiger partial charge in [-0.1, -0.05) is 6.92 Å². The summed E-state index contributed by atoms with van der Waals surface area (Å²) in [6.07, 6.45) is 0. The summed E-state index contributed by atoms with van der Waals surface area (Å²) < 4.78 is 17.1. The Morgan fingerprint density at radius 3 is 1.86 bits per heavy atom. The largest absolute Gasteiger partial charge is 0.325 e. The Labute approximate surface area is 84.9 Å². The third-order valence-electron chi connectivity index (χ3n) is 3.22. The molecule has 82 valence electrons. The van der Waals surface area contributed by atoms with Crippen LogP contribution in [0.1, 0.15) is 20.8 Å². The normalized spacial score (nSPS) is 42.9. The molecular formula is C10H19NO3. The molecule has 14 heavy (non-hydrogen) atoms. The van der Waals surface area contributed by atoms with E-state index in [-0.39, 0.29) is 11.0 Å². The molecule has 0 aromatic carbocycles. The fourth-order valence-electron chi connectivity index (χ4n) is 1.75. The number of nitrogens with one attached hydrogen (secondary N) is 1. The van der Waals surface area contributed by atoms with Crippen molar-refractivity contribution in [2.75, 3.05) is 26.9 Å². The first kappa shape index (κ1) is 10.4. The molecule has 0 atom stereocenters. The molecule has 0 amide bonds. The highest BCUT2D eigenvalue weighted by atomic mass is 16.9. The average Bonchev–Trinajstić information content (AvgIpc) is 2.19. The van der Waals surface area contributed by atoms with E-state index >= 15 is 0 Å². The summed E-state index contributed by atoms with van der Waals surface area (Å²) in [5.41, 5.74) is -0.305. The van der Waals surface area contributed by atoms with Crippen molar-refractivity contribution in [1.29, 1.82) is 0 Å². The summed E-state index contributed by atoms with van der Waals surface area (Å²) >= 11 is 0. The van der Waals surface area contributed by atoms with Gasteiger partial charge in [-0.2, -0.15) is 0 Å². The lowest BCUT2D eigenvalue weighted by Crippen LogP contribution is -2.70. The van der Waals surface area contributed by atoms with E-state index in [1.807, 2.05) is 20.9 Å². The smallest absolute Gasteiger partial charge is 0.301 e. The van der Waals surface area contributed by atoms with E-state index in [2.05, 4.69) is 12.2 Å². The van der Waals surface area contributed by atoms with Crippen molar-refractivity contribution in [3.05, 3.63) is 0 Å². The molecule has 3 aliphatic heterocycles. The van der Waals surface area contributed by atoms with Gasteiger partial charge in [-0.3, -0.25) is 0 Å². The van der Waals surface area contributed by atoms with Crippen molar-refractivity contribution in [1.82, 2.24) is 5.32 Å². The molecule has 0 aromatic rings. The van der Waals surface area contributed by atoms with Gasteiger partial charge in [-0.05, 0) is 20.9 Å². The van der Waals surface area contributed by atoms with Gasteiger partial charge in [0.05, 0.1) is 25.4 Å². The SMILES string of the molecule is CNC(C)(C)C12OCC(C)(CO1)CO2. The Hall–Kier alpha value is -0.160. The van der Waals surface area contributed by atoms with Crippen molar-refractivity contribution in [3.8, 4) is 0 Å². The van der Waals surface area contributed by atoms with E-state index in [0.717, 1.165) is 0 Å².